The van der Waals surface area contributed by atoms with Gasteiger partial charge in [0.15, 0.2) is 0 Å². The van der Waals surface area contributed by atoms with Crippen molar-refractivity contribution < 1.29 is 17.6 Å². The molecule has 3 aromatic rings. The van der Waals surface area contributed by atoms with Crippen LogP contribution in [-0.4, -0.2) is 38.5 Å². The van der Waals surface area contributed by atoms with Gasteiger partial charge in [-0.15, -0.1) is 0 Å². The summed E-state index contributed by atoms with van der Waals surface area (Å²) in [6.45, 7) is 2.36. The number of rotatable bonds is 8. The molecule has 1 saturated heterocycles. The molecule has 2 aliphatic heterocycles. The number of pyridine rings is 1. The van der Waals surface area contributed by atoms with E-state index in [0.29, 0.717) is 37.4 Å². The number of allylic oxidation sites excluding steroid dienone is 1. The fourth-order valence-electron chi connectivity index (χ4n) is 6.52. The molecule has 6 rings (SSSR count). The molecular weight excluding hydrogens is 555 g/mol. The van der Waals surface area contributed by atoms with Crippen LogP contribution >= 0.6 is 0 Å². The van der Waals surface area contributed by atoms with E-state index in [4.69, 9.17) is 0 Å². The SMILES string of the molecule is O=C(NCCC1=CCCCC1)c1ccc(N2CC3CC(C2)c2cccc(=O)n2C3)c(NS(=O)(=O)c2ccc(F)cc2)c1. The summed E-state index contributed by atoms with van der Waals surface area (Å²) in [5.41, 5.74) is 3.64. The molecule has 0 saturated carbocycles. The minimum atomic E-state index is -4.07. The molecule has 8 nitrogen and oxygen atoms in total. The van der Waals surface area contributed by atoms with Gasteiger partial charge in [0.2, 0.25) is 0 Å². The number of hydrogen-bond acceptors (Lipinski definition) is 5. The number of nitrogens with zero attached hydrogens (tertiary/aromatic N) is 2. The average Bonchev–Trinajstić information content (AvgIpc) is 2.98. The molecule has 220 valence electrons. The Balaban J connectivity index is 1.28. The van der Waals surface area contributed by atoms with Gasteiger partial charge in [0.1, 0.15) is 5.82 Å². The zero-order chi connectivity index (χ0) is 29.3. The predicted molar refractivity (Wildman–Crippen MR) is 161 cm³/mol. The van der Waals surface area contributed by atoms with Crippen molar-refractivity contribution in [3.05, 3.63) is 99.7 Å². The fraction of sp³-hybridized carbons (Fsp3) is 0.375. The first-order valence-electron chi connectivity index (χ1n) is 14.6. The van der Waals surface area contributed by atoms with Crippen LogP contribution in [0.2, 0.25) is 0 Å². The Bertz CT molecular complexity index is 1680. The first-order valence-corrected chi connectivity index (χ1v) is 16.1. The number of aromatic nitrogens is 1. The first kappa shape index (κ1) is 28.2. The minimum Gasteiger partial charge on any atom is -0.369 e. The zero-order valence-corrected chi connectivity index (χ0v) is 24.2. The summed E-state index contributed by atoms with van der Waals surface area (Å²) in [6.07, 6.45) is 8.55. The Hall–Kier alpha value is -3.92. The first-order chi connectivity index (χ1) is 20.3. The Morgan fingerprint density at radius 3 is 2.62 bits per heavy atom. The van der Waals surface area contributed by atoms with Crippen molar-refractivity contribution >= 4 is 27.3 Å². The summed E-state index contributed by atoms with van der Waals surface area (Å²) < 4.78 is 44.8. The number of amides is 1. The highest BCUT2D eigenvalue weighted by Gasteiger charge is 2.35. The molecular formula is C32H35FN4O4S. The van der Waals surface area contributed by atoms with Crippen molar-refractivity contribution in [2.45, 2.75) is 55.9 Å². The van der Waals surface area contributed by atoms with E-state index in [9.17, 15) is 22.4 Å². The van der Waals surface area contributed by atoms with Gasteiger partial charge in [0.25, 0.3) is 21.5 Å². The number of nitrogens with one attached hydrogen (secondary N) is 2. The van der Waals surface area contributed by atoms with E-state index >= 15 is 0 Å². The third-order valence-corrected chi connectivity index (χ3v) is 9.95. The molecule has 3 heterocycles. The number of fused-ring (bicyclic) bond motifs is 4. The lowest BCUT2D eigenvalue weighted by atomic mass is 9.83. The molecule has 0 spiro atoms. The second kappa shape index (κ2) is 11.8. The van der Waals surface area contributed by atoms with Crippen LogP contribution in [0.3, 0.4) is 0 Å². The molecule has 2 aromatic carbocycles. The average molecular weight is 591 g/mol. The van der Waals surface area contributed by atoms with Crippen LogP contribution in [0.15, 0.2) is 82.0 Å². The molecule has 42 heavy (non-hydrogen) atoms. The third-order valence-electron chi connectivity index (χ3n) is 8.56. The van der Waals surface area contributed by atoms with Crippen molar-refractivity contribution in [1.29, 1.82) is 0 Å². The van der Waals surface area contributed by atoms with Crippen molar-refractivity contribution in [3.63, 3.8) is 0 Å². The predicted octanol–water partition coefficient (Wildman–Crippen LogP) is 5.03. The molecule has 10 heteroatoms. The van der Waals surface area contributed by atoms with Crippen molar-refractivity contribution in [3.8, 4) is 0 Å². The van der Waals surface area contributed by atoms with E-state index in [2.05, 4.69) is 21.0 Å². The van der Waals surface area contributed by atoms with Crippen LogP contribution in [0.4, 0.5) is 15.8 Å². The molecule has 2 unspecified atom stereocenters. The van der Waals surface area contributed by atoms with Crippen LogP contribution < -0.4 is 20.5 Å². The molecule has 2 N–H and O–H groups in total. The summed E-state index contributed by atoms with van der Waals surface area (Å²) in [5.74, 6) is -0.472. The van der Waals surface area contributed by atoms with E-state index in [1.165, 1.54) is 30.5 Å². The number of anilines is 2. The lowest BCUT2D eigenvalue weighted by Gasteiger charge is -2.44. The summed E-state index contributed by atoms with van der Waals surface area (Å²) >= 11 is 0. The minimum absolute atomic E-state index is 0.00135. The third kappa shape index (κ3) is 5.99. The topological polar surface area (TPSA) is 101 Å². The van der Waals surface area contributed by atoms with E-state index < -0.39 is 15.8 Å². The lowest BCUT2D eigenvalue weighted by Crippen LogP contribution is -2.47. The molecule has 1 aliphatic carbocycles. The van der Waals surface area contributed by atoms with Crippen LogP contribution in [0, 0.1) is 11.7 Å². The Kier molecular flexibility index (Phi) is 7.90. The standard InChI is InChI=1S/C32H35FN4O4S/c33-26-10-12-27(13-11-26)42(40,41)35-28-18-24(32(39)34-16-15-22-5-2-1-3-6-22)9-14-30(28)36-19-23-17-25(21-36)29-7-4-8-31(38)37(29)20-23/h4-5,7-14,18,23,25,35H,1-3,6,15-17,19-21H2,(H,34,39). The number of benzene rings is 2. The van der Waals surface area contributed by atoms with Crippen molar-refractivity contribution in [2.75, 3.05) is 29.3 Å². The summed E-state index contributed by atoms with van der Waals surface area (Å²) in [7, 11) is -4.07. The zero-order valence-electron chi connectivity index (χ0n) is 23.4. The van der Waals surface area contributed by atoms with Gasteiger partial charge in [-0.25, -0.2) is 12.8 Å². The maximum absolute atomic E-state index is 13.5. The number of sulfonamides is 1. The summed E-state index contributed by atoms with van der Waals surface area (Å²) in [5, 5.41) is 2.98. The monoisotopic (exact) mass is 590 g/mol. The van der Waals surface area contributed by atoms with E-state index in [1.54, 1.807) is 30.3 Å². The molecule has 0 radical (unpaired) electrons. The Morgan fingerprint density at radius 2 is 1.83 bits per heavy atom. The van der Waals surface area contributed by atoms with Gasteiger partial charge in [-0.05, 0) is 93.0 Å². The highest BCUT2D eigenvalue weighted by Crippen LogP contribution is 2.39. The normalized spacial score (nSPS) is 19.9. The molecule has 1 fully saturated rings. The van der Waals surface area contributed by atoms with E-state index in [0.717, 1.165) is 43.5 Å². The van der Waals surface area contributed by atoms with Crippen molar-refractivity contribution in [1.82, 2.24) is 9.88 Å². The second-order valence-corrected chi connectivity index (χ2v) is 13.2. The quantitative estimate of drug-likeness (QED) is 0.359. The van der Waals surface area contributed by atoms with Gasteiger partial charge in [-0.1, -0.05) is 17.7 Å². The highest BCUT2D eigenvalue weighted by molar-refractivity contribution is 7.92. The molecule has 2 atom stereocenters. The van der Waals surface area contributed by atoms with Gasteiger partial charge in [0.05, 0.1) is 16.3 Å². The number of carbonyl (C=O) groups excluding carboxylic acids is 1. The van der Waals surface area contributed by atoms with Crippen LogP contribution in [-0.2, 0) is 16.6 Å². The second-order valence-electron chi connectivity index (χ2n) is 11.5. The Labute approximate surface area is 245 Å². The van der Waals surface area contributed by atoms with Gasteiger partial charge < -0.3 is 14.8 Å². The molecule has 1 aromatic heterocycles. The fourth-order valence-corrected chi connectivity index (χ4v) is 7.58. The van der Waals surface area contributed by atoms with Crippen molar-refractivity contribution in [2.24, 2.45) is 5.92 Å². The van der Waals surface area contributed by atoms with Crippen LogP contribution in [0.5, 0.6) is 0 Å². The Morgan fingerprint density at radius 1 is 1.00 bits per heavy atom. The number of carbonyl (C=O) groups is 1. The van der Waals surface area contributed by atoms with Gasteiger partial charge in [-0.3, -0.25) is 14.3 Å². The van der Waals surface area contributed by atoms with E-state index in [-0.39, 0.29) is 33.9 Å². The maximum atomic E-state index is 13.5. The van der Waals surface area contributed by atoms with Crippen LogP contribution in [0.1, 0.15) is 60.5 Å². The smallest absolute Gasteiger partial charge is 0.261 e. The van der Waals surface area contributed by atoms with E-state index in [1.807, 2.05) is 10.6 Å². The van der Waals surface area contributed by atoms with Gasteiger partial charge in [-0.2, -0.15) is 0 Å². The van der Waals surface area contributed by atoms with Gasteiger partial charge in [0, 0.05) is 49.4 Å². The highest BCUT2D eigenvalue weighted by atomic mass is 32.2. The summed E-state index contributed by atoms with van der Waals surface area (Å²) in [4.78, 5) is 27.7. The molecule has 3 aliphatic rings. The van der Waals surface area contributed by atoms with Crippen LogP contribution in [0.25, 0.3) is 0 Å². The summed E-state index contributed by atoms with van der Waals surface area (Å²) in [6, 6.07) is 15.1. The largest absolute Gasteiger partial charge is 0.369 e. The molecule has 2 bridgehead atoms. The maximum Gasteiger partial charge on any atom is 0.261 e. The number of halogens is 1. The number of piperidine rings is 1. The van der Waals surface area contributed by atoms with Gasteiger partial charge >= 0.3 is 0 Å². The lowest BCUT2D eigenvalue weighted by molar-refractivity contribution is 0.0954. The number of hydrogen-bond donors (Lipinski definition) is 2. The molecule has 1 amide bonds.